The predicted octanol–water partition coefficient (Wildman–Crippen LogP) is 2.56. The van der Waals surface area contributed by atoms with Crippen LogP contribution in [0.5, 0.6) is 5.75 Å². The number of aldehydes is 1. The van der Waals surface area contributed by atoms with Gasteiger partial charge in [0.15, 0.2) is 6.29 Å². The number of benzene rings is 1. The van der Waals surface area contributed by atoms with Gasteiger partial charge in [0, 0.05) is 17.4 Å². The Labute approximate surface area is 97.7 Å². The van der Waals surface area contributed by atoms with Crippen LogP contribution in [0.15, 0.2) is 29.6 Å². The molecule has 4 heteroatoms. The Morgan fingerprint density at radius 1 is 1.44 bits per heavy atom. The molecule has 0 N–H and O–H groups in total. The van der Waals surface area contributed by atoms with Gasteiger partial charge < -0.3 is 4.74 Å². The monoisotopic (exact) mass is 233 g/mol. The lowest BCUT2D eigenvalue weighted by atomic mass is 10.1. The molecule has 0 amide bonds. The third kappa shape index (κ3) is 2.28. The number of aromatic nitrogens is 1. The van der Waals surface area contributed by atoms with E-state index in [1.54, 1.807) is 12.5 Å². The van der Waals surface area contributed by atoms with E-state index in [1.165, 1.54) is 11.3 Å². The summed E-state index contributed by atoms with van der Waals surface area (Å²) in [6.45, 7) is 0. The van der Waals surface area contributed by atoms with E-state index in [-0.39, 0.29) is 0 Å². The van der Waals surface area contributed by atoms with Crippen LogP contribution in [-0.4, -0.2) is 18.4 Å². The Kier molecular flexibility index (Phi) is 3.31. The summed E-state index contributed by atoms with van der Waals surface area (Å²) in [5.74, 6) is 0.852. The molecule has 0 bridgehead atoms. The molecule has 0 unspecified atom stereocenters. The number of carbonyl (C=O) groups excluding carboxylic acids is 1. The van der Waals surface area contributed by atoms with Crippen molar-refractivity contribution < 1.29 is 9.53 Å². The van der Waals surface area contributed by atoms with Gasteiger partial charge in [-0.15, -0.1) is 11.3 Å². The average Bonchev–Trinajstić information content (AvgIpc) is 2.77. The second-order valence-electron chi connectivity index (χ2n) is 3.27. The summed E-state index contributed by atoms with van der Waals surface area (Å²) in [5.41, 5.74) is 1.58. The van der Waals surface area contributed by atoms with Gasteiger partial charge in [-0.25, -0.2) is 4.98 Å². The molecule has 16 heavy (non-hydrogen) atoms. The van der Waals surface area contributed by atoms with Gasteiger partial charge in [0.1, 0.15) is 11.4 Å². The Morgan fingerprint density at radius 2 is 2.25 bits per heavy atom. The maximum absolute atomic E-state index is 10.5. The minimum absolute atomic E-state index is 0.495. The Hall–Kier alpha value is -1.68. The van der Waals surface area contributed by atoms with Gasteiger partial charge in [0.05, 0.1) is 12.1 Å². The van der Waals surface area contributed by atoms with Crippen LogP contribution in [0.4, 0.5) is 0 Å². The number of carbonyl (C=O) groups is 1. The summed E-state index contributed by atoms with van der Waals surface area (Å²) in [7, 11) is 1.65. The quantitative estimate of drug-likeness (QED) is 0.762. The van der Waals surface area contributed by atoms with E-state index in [9.17, 15) is 4.79 Å². The highest BCUT2D eigenvalue weighted by Gasteiger charge is 2.06. The van der Waals surface area contributed by atoms with E-state index in [0.717, 1.165) is 22.6 Å². The van der Waals surface area contributed by atoms with Crippen molar-refractivity contribution in [1.82, 2.24) is 4.98 Å². The highest BCUT2D eigenvalue weighted by Crippen LogP contribution is 2.22. The minimum atomic E-state index is 0.495. The molecule has 0 fully saturated rings. The van der Waals surface area contributed by atoms with Crippen LogP contribution in [0, 0.1) is 0 Å². The van der Waals surface area contributed by atoms with E-state index in [4.69, 9.17) is 4.74 Å². The van der Waals surface area contributed by atoms with E-state index < -0.39 is 0 Å². The van der Waals surface area contributed by atoms with Crippen molar-refractivity contribution >= 4 is 17.6 Å². The number of thiazole rings is 1. The summed E-state index contributed by atoms with van der Waals surface area (Å²) in [4.78, 5) is 14.7. The normalized spacial score (nSPS) is 10.1. The summed E-state index contributed by atoms with van der Waals surface area (Å²) in [6, 6.07) is 7.82. The van der Waals surface area contributed by atoms with Gasteiger partial charge >= 0.3 is 0 Å². The van der Waals surface area contributed by atoms with Crippen LogP contribution in [0.2, 0.25) is 0 Å². The van der Waals surface area contributed by atoms with Crippen LogP contribution in [0.3, 0.4) is 0 Å². The summed E-state index contributed by atoms with van der Waals surface area (Å²) in [5, 5.41) is 2.68. The molecular weight excluding hydrogens is 222 g/mol. The molecule has 1 aromatic heterocycles. The van der Waals surface area contributed by atoms with Crippen LogP contribution >= 0.6 is 11.3 Å². The number of ether oxygens (including phenoxy) is 1. The molecule has 82 valence electrons. The van der Waals surface area contributed by atoms with E-state index in [1.807, 2.05) is 24.3 Å². The van der Waals surface area contributed by atoms with Crippen LogP contribution < -0.4 is 4.74 Å². The Bertz CT molecular complexity index is 493. The lowest BCUT2D eigenvalue weighted by molar-refractivity contribution is 0.111. The average molecular weight is 233 g/mol. The SMILES string of the molecule is COc1ccccc1Cc1nc(C=O)cs1. The molecule has 0 saturated heterocycles. The number of rotatable bonds is 4. The van der Waals surface area contributed by atoms with Crippen LogP contribution in [-0.2, 0) is 6.42 Å². The fourth-order valence-electron chi connectivity index (χ4n) is 1.47. The first-order valence-electron chi connectivity index (χ1n) is 4.85. The number of methoxy groups -OCH3 is 1. The molecule has 0 spiro atoms. The van der Waals surface area contributed by atoms with Gasteiger partial charge in [-0.1, -0.05) is 18.2 Å². The molecule has 0 radical (unpaired) electrons. The Morgan fingerprint density at radius 3 is 2.94 bits per heavy atom. The zero-order chi connectivity index (χ0) is 11.4. The number of hydrogen-bond donors (Lipinski definition) is 0. The molecule has 0 atom stereocenters. The second kappa shape index (κ2) is 4.90. The first kappa shape index (κ1) is 10.8. The molecule has 1 aromatic carbocycles. The zero-order valence-electron chi connectivity index (χ0n) is 8.84. The summed E-state index contributed by atoms with van der Waals surface area (Å²) < 4.78 is 5.26. The van der Waals surface area contributed by atoms with Crippen LogP contribution in [0.25, 0.3) is 0 Å². The molecule has 2 rings (SSSR count). The molecule has 0 aliphatic carbocycles. The second-order valence-corrected chi connectivity index (χ2v) is 4.22. The standard InChI is InChI=1S/C12H11NO2S/c1-15-11-5-3-2-4-9(11)6-12-13-10(7-14)8-16-12/h2-5,7-8H,6H2,1H3. The largest absolute Gasteiger partial charge is 0.496 e. The summed E-state index contributed by atoms with van der Waals surface area (Å²) >= 11 is 1.49. The Balaban J connectivity index is 2.22. The van der Waals surface area contributed by atoms with Crippen molar-refractivity contribution in [2.24, 2.45) is 0 Å². The number of nitrogens with zero attached hydrogens (tertiary/aromatic N) is 1. The van der Waals surface area contributed by atoms with E-state index >= 15 is 0 Å². The fraction of sp³-hybridized carbons (Fsp3) is 0.167. The van der Waals surface area contributed by atoms with Crippen molar-refractivity contribution in [1.29, 1.82) is 0 Å². The van der Waals surface area contributed by atoms with Crippen molar-refractivity contribution in [3.05, 3.63) is 45.9 Å². The van der Waals surface area contributed by atoms with Gasteiger partial charge in [0.2, 0.25) is 0 Å². The topological polar surface area (TPSA) is 39.2 Å². The van der Waals surface area contributed by atoms with Crippen molar-refractivity contribution in [2.75, 3.05) is 7.11 Å². The van der Waals surface area contributed by atoms with Crippen molar-refractivity contribution in [2.45, 2.75) is 6.42 Å². The molecule has 3 nitrogen and oxygen atoms in total. The highest BCUT2D eigenvalue weighted by atomic mass is 32.1. The molecule has 0 aliphatic rings. The van der Waals surface area contributed by atoms with E-state index in [0.29, 0.717) is 12.1 Å². The maximum atomic E-state index is 10.5. The summed E-state index contributed by atoms with van der Waals surface area (Å²) in [6.07, 6.45) is 1.46. The molecule has 2 aromatic rings. The van der Waals surface area contributed by atoms with Gasteiger partial charge in [0.25, 0.3) is 0 Å². The van der Waals surface area contributed by atoms with Gasteiger partial charge in [-0.2, -0.15) is 0 Å². The van der Waals surface area contributed by atoms with E-state index in [2.05, 4.69) is 4.98 Å². The number of hydrogen-bond acceptors (Lipinski definition) is 4. The fourth-order valence-corrected chi connectivity index (χ4v) is 2.23. The minimum Gasteiger partial charge on any atom is -0.496 e. The third-order valence-corrected chi connectivity index (χ3v) is 3.09. The molecule has 0 aliphatic heterocycles. The smallest absolute Gasteiger partial charge is 0.169 e. The van der Waals surface area contributed by atoms with Crippen LogP contribution in [0.1, 0.15) is 21.1 Å². The third-order valence-electron chi connectivity index (χ3n) is 2.22. The van der Waals surface area contributed by atoms with Gasteiger partial charge in [-0.3, -0.25) is 4.79 Å². The molecule has 1 heterocycles. The maximum Gasteiger partial charge on any atom is 0.169 e. The van der Waals surface area contributed by atoms with Crippen molar-refractivity contribution in [3.63, 3.8) is 0 Å². The number of para-hydroxylation sites is 1. The molecule has 0 saturated carbocycles. The van der Waals surface area contributed by atoms with Crippen molar-refractivity contribution in [3.8, 4) is 5.75 Å². The van der Waals surface area contributed by atoms with Gasteiger partial charge in [-0.05, 0) is 6.07 Å². The lowest BCUT2D eigenvalue weighted by Gasteiger charge is -2.05. The lowest BCUT2D eigenvalue weighted by Crippen LogP contribution is -1.93. The highest BCUT2D eigenvalue weighted by molar-refractivity contribution is 7.09. The predicted molar refractivity (Wildman–Crippen MR) is 63.3 cm³/mol. The first-order chi connectivity index (χ1) is 7.83. The first-order valence-corrected chi connectivity index (χ1v) is 5.73. The molecular formula is C12H11NO2S. The zero-order valence-corrected chi connectivity index (χ0v) is 9.66.